The van der Waals surface area contributed by atoms with Crippen molar-refractivity contribution in [3.8, 4) is 0 Å². The number of hydrogen-bond donors (Lipinski definition) is 2. The van der Waals surface area contributed by atoms with Crippen LogP contribution in [0.15, 0.2) is 42.6 Å². The fraction of sp³-hybridized carbons (Fsp3) is 0.235. The van der Waals surface area contributed by atoms with Gasteiger partial charge < -0.3 is 5.32 Å². The third kappa shape index (κ3) is 3.87. The fourth-order valence-corrected chi connectivity index (χ4v) is 2.59. The molecule has 118 valence electrons. The highest BCUT2D eigenvalue weighted by atomic mass is 35.5. The number of pyridine rings is 1. The van der Waals surface area contributed by atoms with E-state index in [-0.39, 0.29) is 23.8 Å². The van der Waals surface area contributed by atoms with Gasteiger partial charge in [-0.3, -0.25) is 10.1 Å². The van der Waals surface area contributed by atoms with Crippen LogP contribution in [0, 0.1) is 0 Å². The lowest BCUT2D eigenvalue weighted by Crippen LogP contribution is -2.31. The van der Waals surface area contributed by atoms with Crippen LogP contribution in [0.25, 0.3) is 0 Å². The summed E-state index contributed by atoms with van der Waals surface area (Å²) in [5.74, 6) is 0.740. The molecular weight excluding hydrogens is 314 g/mol. The predicted molar refractivity (Wildman–Crippen MR) is 89.0 cm³/mol. The Balaban J connectivity index is 1.56. The number of carbonyl (C=O) groups is 2. The van der Waals surface area contributed by atoms with E-state index in [0.717, 1.165) is 12.0 Å². The van der Waals surface area contributed by atoms with Gasteiger partial charge in [-0.1, -0.05) is 29.8 Å². The van der Waals surface area contributed by atoms with E-state index in [9.17, 15) is 9.59 Å². The van der Waals surface area contributed by atoms with E-state index in [1.807, 2.05) is 18.2 Å². The Morgan fingerprint density at radius 1 is 1.26 bits per heavy atom. The van der Waals surface area contributed by atoms with Crippen molar-refractivity contribution in [2.45, 2.75) is 25.3 Å². The quantitative estimate of drug-likeness (QED) is 0.842. The first kappa shape index (κ1) is 15.5. The van der Waals surface area contributed by atoms with Crippen LogP contribution < -0.4 is 10.6 Å². The molecule has 1 aliphatic rings. The Morgan fingerprint density at radius 3 is 2.78 bits per heavy atom. The minimum atomic E-state index is -0.296. The van der Waals surface area contributed by atoms with Gasteiger partial charge in [0.25, 0.3) is 0 Å². The molecule has 0 aliphatic heterocycles. The number of ketones is 1. The van der Waals surface area contributed by atoms with Crippen molar-refractivity contribution >= 4 is 29.2 Å². The smallest absolute Gasteiger partial charge is 0.320 e. The molecule has 3 rings (SSSR count). The minimum absolute atomic E-state index is 0.0450. The van der Waals surface area contributed by atoms with E-state index in [1.165, 1.54) is 6.20 Å². The Bertz CT molecular complexity index is 746. The Labute approximate surface area is 139 Å². The van der Waals surface area contributed by atoms with Gasteiger partial charge in [-0.2, -0.15) is 0 Å². The number of rotatable bonds is 4. The predicted octanol–water partition coefficient (Wildman–Crippen LogP) is 3.62. The molecule has 23 heavy (non-hydrogen) atoms. The number of Topliss-reactive ketones (excluding diaryl/α,β-unsaturated/α-hetero) is 1. The molecule has 2 amide bonds. The number of nitrogens with one attached hydrogen (secondary N) is 2. The van der Waals surface area contributed by atoms with Gasteiger partial charge in [0.2, 0.25) is 0 Å². The number of benzene rings is 1. The number of hydrogen-bond acceptors (Lipinski definition) is 3. The van der Waals surface area contributed by atoms with Gasteiger partial charge in [0.05, 0.1) is 5.02 Å². The van der Waals surface area contributed by atoms with Crippen molar-refractivity contribution in [2.24, 2.45) is 0 Å². The molecule has 1 heterocycles. The summed E-state index contributed by atoms with van der Waals surface area (Å²) < 4.78 is 0. The first-order valence-electron chi connectivity index (χ1n) is 7.33. The molecule has 1 aromatic carbocycles. The zero-order valence-corrected chi connectivity index (χ0v) is 13.3. The number of urea groups is 1. The second-order valence-electron chi connectivity index (χ2n) is 5.59. The number of nitrogens with zero attached hydrogens (tertiary/aromatic N) is 1. The molecule has 0 bridgehead atoms. The second kappa shape index (κ2) is 6.38. The summed E-state index contributed by atoms with van der Waals surface area (Å²) in [5, 5.41) is 6.09. The van der Waals surface area contributed by atoms with E-state index in [0.29, 0.717) is 16.4 Å². The SMILES string of the molecule is CC(=O)c1cccc([C@H]2C[C@H]2NC(=O)Nc2ccc(Cl)cn2)c1. The lowest BCUT2D eigenvalue weighted by atomic mass is 10.0. The van der Waals surface area contributed by atoms with E-state index in [4.69, 9.17) is 11.6 Å². The van der Waals surface area contributed by atoms with Crippen LogP contribution in [0.1, 0.15) is 35.2 Å². The van der Waals surface area contributed by atoms with Gasteiger partial charge in [0.1, 0.15) is 5.82 Å². The largest absolute Gasteiger partial charge is 0.334 e. The van der Waals surface area contributed by atoms with Crippen LogP contribution in [0.3, 0.4) is 0 Å². The molecule has 0 radical (unpaired) electrons. The molecule has 1 saturated carbocycles. The molecule has 6 heteroatoms. The zero-order chi connectivity index (χ0) is 16.4. The summed E-state index contributed by atoms with van der Waals surface area (Å²) in [6.45, 7) is 1.55. The van der Waals surface area contributed by atoms with Crippen LogP contribution in [0.5, 0.6) is 0 Å². The average molecular weight is 330 g/mol. The standard InChI is InChI=1S/C17H16ClN3O2/c1-10(22)11-3-2-4-12(7-11)14-8-15(14)20-17(23)21-16-6-5-13(18)9-19-16/h2-7,9,14-15H,8H2,1H3,(H2,19,20,21,23)/t14-,15-/m1/s1. The molecule has 1 fully saturated rings. The van der Waals surface area contributed by atoms with Crippen LogP contribution in [0.4, 0.5) is 10.6 Å². The molecule has 2 aromatic rings. The molecule has 2 atom stereocenters. The summed E-state index contributed by atoms with van der Waals surface area (Å²) in [6.07, 6.45) is 2.34. The summed E-state index contributed by atoms with van der Waals surface area (Å²) >= 11 is 5.75. The van der Waals surface area contributed by atoms with Crippen molar-refractivity contribution < 1.29 is 9.59 Å². The van der Waals surface area contributed by atoms with Gasteiger partial charge in [0.15, 0.2) is 5.78 Å². The highest BCUT2D eigenvalue weighted by Crippen LogP contribution is 2.41. The highest BCUT2D eigenvalue weighted by molar-refractivity contribution is 6.30. The topological polar surface area (TPSA) is 71.1 Å². The Hall–Kier alpha value is -2.40. The normalized spacial score (nSPS) is 19.0. The number of halogens is 1. The van der Waals surface area contributed by atoms with Crippen molar-refractivity contribution in [1.82, 2.24) is 10.3 Å². The number of anilines is 1. The summed E-state index contributed by atoms with van der Waals surface area (Å²) in [7, 11) is 0. The van der Waals surface area contributed by atoms with Gasteiger partial charge >= 0.3 is 6.03 Å². The third-order valence-electron chi connectivity index (χ3n) is 3.80. The molecule has 1 aliphatic carbocycles. The average Bonchev–Trinajstić information content (AvgIpc) is 3.29. The van der Waals surface area contributed by atoms with E-state index >= 15 is 0 Å². The molecule has 2 N–H and O–H groups in total. The number of carbonyl (C=O) groups excluding carboxylic acids is 2. The summed E-state index contributed by atoms with van der Waals surface area (Å²) in [6, 6.07) is 10.6. The first-order valence-corrected chi connectivity index (χ1v) is 7.70. The molecular formula is C17H16ClN3O2. The van der Waals surface area contributed by atoms with Gasteiger partial charge in [-0.25, -0.2) is 9.78 Å². The van der Waals surface area contributed by atoms with Crippen LogP contribution >= 0.6 is 11.6 Å². The maximum atomic E-state index is 12.0. The fourth-order valence-electron chi connectivity index (χ4n) is 2.48. The van der Waals surface area contributed by atoms with Crippen molar-refractivity contribution in [1.29, 1.82) is 0 Å². The maximum Gasteiger partial charge on any atom is 0.320 e. The van der Waals surface area contributed by atoms with E-state index < -0.39 is 0 Å². The van der Waals surface area contributed by atoms with Crippen molar-refractivity contribution in [2.75, 3.05) is 5.32 Å². The maximum absolute atomic E-state index is 12.0. The molecule has 0 saturated heterocycles. The highest BCUT2D eigenvalue weighted by Gasteiger charge is 2.39. The van der Waals surface area contributed by atoms with Crippen LogP contribution in [-0.4, -0.2) is 22.8 Å². The first-order chi connectivity index (χ1) is 11.0. The Morgan fingerprint density at radius 2 is 2.09 bits per heavy atom. The second-order valence-corrected chi connectivity index (χ2v) is 6.03. The zero-order valence-electron chi connectivity index (χ0n) is 12.5. The third-order valence-corrected chi connectivity index (χ3v) is 4.02. The van der Waals surface area contributed by atoms with Gasteiger partial charge in [-0.15, -0.1) is 0 Å². The lowest BCUT2D eigenvalue weighted by molar-refractivity contribution is 0.101. The van der Waals surface area contributed by atoms with Gasteiger partial charge in [0, 0.05) is 23.7 Å². The van der Waals surface area contributed by atoms with E-state index in [1.54, 1.807) is 25.1 Å². The van der Waals surface area contributed by atoms with Gasteiger partial charge in [-0.05, 0) is 37.1 Å². The van der Waals surface area contributed by atoms with Crippen molar-refractivity contribution in [3.05, 3.63) is 58.7 Å². The summed E-state index contributed by atoms with van der Waals surface area (Å²) in [5.41, 5.74) is 1.77. The molecule has 5 nitrogen and oxygen atoms in total. The Kier molecular flexibility index (Phi) is 4.30. The van der Waals surface area contributed by atoms with Crippen LogP contribution in [0.2, 0.25) is 5.02 Å². The molecule has 0 spiro atoms. The summed E-state index contributed by atoms with van der Waals surface area (Å²) in [4.78, 5) is 27.4. The van der Waals surface area contributed by atoms with Crippen LogP contribution in [-0.2, 0) is 0 Å². The van der Waals surface area contributed by atoms with Crippen molar-refractivity contribution in [3.63, 3.8) is 0 Å². The van der Waals surface area contributed by atoms with E-state index in [2.05, 4.69) is 15.6 Å². The minimum Gasteiger partial charge on any atom is -0.334 e. The monoisotopic (exact) mass is 329 g/mol. The molecule has 1 aromatic heterocycles. The number of amides is 2. The molecule has 0 unspecified atom stereocenters. The lowest BCUT2D eigenvalue weighted by Gasteiger charge is -2.07. The number of aromatic nitrogens is 1.